The fourth-order valence-corrected chi connectivity index (χ4v) is 1.47. The zero-order chi connectivity index (χ0) is 9.94. The maximum absolute atomic E-state index is 12.7. The second kappa shape index (κ2) is 10.0. The maximum atomic E-state index is 12.7. The first kappa shape index (κ1) is 12.9. The Bertz CT molecular complexity index is 91.1. The highest BCUT2D eigenvalue weighted by Gasteiger charge is 2.01. The fourth-order valence-electron chi connectivity index (χ4n) is 1.47. The van der Waals surface area contributed by atoms with Crippen molar-refractivity contribution >= 4 is 0 Å². The molecule has 0 nitrogen and oxygen atoms in total. The van der Waals surface area contributed by atoms with Crippen LogP contribution in [0.5, 0.6) is 0 Å². The third-order valence-electron chi connectivity index (χ3n) is 2.43. The van der Waals surface area contributed by atoms with E-state index in [1.807, 2.05) is 0 Å². The molecule has 0 rings (SSSR count). The van der Waals surface area contributed by atoms with Crippen molar-refractivity contribution in [3.63, 3.8) is 0 Å². The smallest absolute Gasteiger partial charge is 0.100 e. The van der Waals surface area contributed by atoms with Gasteiger partial charge in [-0.1, -0.05) is 58.8 Å². The Kier molecular flexibility index (Phi) is 9.96. The summed E-state index contributed by atoms with van der Waals surface area (Å²) in [6.07, 6.45) is 9.36. The molecule has 1 radical (unpaired) electrons. The summed E-state index contributed by atoms with van der Waals surface area (Å²) in [6, 6.07) is 0. The Morgan fingerprint density at radius 2 is 1.54 bits per heavy atom. The Morgan fingerprint density at radius 3 is 2.08 bits per heavy atom. The first-order valence-corrected chi connectivity index (χ1v) is 5.74. The summed E-state index contributed by atoms with van der Waals surface area (Å²) in [4.78, 5) is 0. The molecule has 0 amide bonds. The first-order chi connectivity index (χ1) is 6.31. The Morgan fingerprint density at radius 1 is 1.00 bits per heavy atom. The molecule has 0 fully saturated rings. The van der Waals surface area contributed by atoms with E-state index in [2.05, 4.69) is 13.8 Å². The molecule has 79 valence electrons. The van der Waals surface area contributed by atoms with Gasteiger partial charge in [0.25, 0.3) is 0 Å². The van der Waals surface area contributed by atoms with Crippen LogP contribution in [0.1, 0.15) is 64.7 Å². The van der Waals surface area contributed by atoms with Crippen LogP contribution in [0.15, 0.2) is 0 Å². The third kappa shape index (κ3) is 9.85. The quantitative estimate of drug-likeness (QED) is 0.459. The van der Waals surface area contributed by atoms with Crippen LogP contribution in [0.3, 0.4) is 0 Å². The lowest BCUT2D eigenvalue weighted by Gasteiger charge is -2.04. The molecule has 0 aromatic heterocycles. The zero-order valence-corrected chi connectivity index (χ0v) is 9.03. The second-order valence-corrected chi connectivity index (χ2v) is 3.80. The van der Waals surface area contributed by atoms with Crippen molar-refractivity contribution in [1.29, 1.82) is 0 Å². The molecule has 0 aliphatic carbocycles. The Labute approximate surface area is 82.9 Å². The average molecular weight is 187 g/mol. The van der Waals surface area contributed by atoms with E-state index in [-0.39, 0.29) is 0 Å². The van der Waals surface area contributed by atoms with E-state index >= 15 is 0 Å². The van der Waals surface area contributed by atoms with Gasteiger partial charge in [0.05, 0.1) is 0 Å². The highest BCUT2D eigenvalue weighted by molar-refractivity contribution is 4.57. The molecule has 13 heavy (non-hydrogen) atoms. The van der Waals surface area contributed by atoms with Crippen LogP contribution in [0, 0.1) is 6.92 Å². The topological polar surface area (TPSA) is 0 Å². The van der Waals surface area contributed by atoms with Gasteiger partial charge in [-0.25, -0.2) is 4.39 Å². The average Bonchev–Trinajstić information content (AvgIpc) is 2.16. The van der Waals surface area contributed by atoms with Crippen LogP contribution in [-0.4, -0.2) is 6.17 Å². The molecule has 1 unspecified atom stereocenters. The van der Waals surface area contributed by atoms with Gasteiger partial charge in [-0.2, -0.15) is 0 Å². The highest BCUT2D eigenvalue weighted by Crippen LogP contribution is 2.12. The van der Waals surface area contributed by atoms with Crippen LogP contribution in [0.2, 0.25) is 0 Å². The van der Waals surface area contributed by atoms with Gasteiger partial charge < -0.3 is 0 Å². The van der Waals surface area contributed by atoms with Crippen molar-refractivity contribution in [2.24, 2.45) is 0 Å². The summed E-state index contributed by atoms with van der Waals surface area (Å²) in [5, 5.41) is 0. The molecule has 0 bridgehead atoms. The van der Waals surface area contributed by atoms with Gasteiger partial charge in [0.2, 0.25) is 0 Å². The number of hydrogen-bond acceptors (Lipinski definition) is 0. The molecule has 0 aliphatic heterocycles. The molecular formula is C12H24F. The molecule has 0 heterocycles. The largest absolute Gasteiger partial charge is 0.247 e. The number of rotatable bonds is 9. The Hall–Kier alpha value is -0.0700. The van der Waals surface area contributed by atoms with Crippen molar-refractivity contribution in [3.8, 4) is 0 Å². The van der Waals surface area contributed by atoms with E-state index in [0.717, 1.165) is 12.8 Å². The van der Waals surface area contributed by atoms with E-state index in [9.17, 15) is 4.39 Å². The van der Waals surface area contributed by atoms with Crippen molar-refractivity contribution in [1.82, 2.24) is 0 Å². The van der Waals surface area contributed by atoms with Crippen LogP contribution in [0.4, 0.5) is 4.39 Å². The van der Waals surface area contributed by atoms with Crippen molar-refractivity contribution in [2.45, 2.75) is 70.9 Å². The highest BCUT2D eigenvalue weighted by atomic mass is 19.1. The monoisotopic (exact) mass is 187 g/mol. The predicted molar refractivity (Wildman–Crippen MR) is 57.5 cm³/mol. The summed E-state index contributed by atoms with van der Waals surface area (Å²) in [5.41, 5.74) is 0. The van der Waals surface area contributed by atoms with E-state index in [0.29, 0.717) is 6.42 Å². The molecule has 1 heteroatoms. The number of unbranched alkanes of at least 4 members (excludes halogenated alkanes) is 6. The van der Waals surface area contributed by atoms with E-state index in [1.54, 1.807) is 0 Å². The molecule has 0 saturated heterocycles. The van der Waals surface area contributed by atoms with Crippen molar-refractivity contribution < 1.29 is 4.39 Å². The van der Waals surface area contributed by atoms with Gasteiger partial charge in [-0.3, -0.25) is 0 Å². The lowest BCUT2D eigenvalue weighted by Crippen LogP contribution is -1.96. The van der Waals surface area contributed by atoms with Crippen LogP contribution < -0.4 is 0 Å². The number of hydrogen-bond donors (Lipinski definition) is 0. The molecule has 0 saturated carbocycles. The van der Waals surface area contributed by atoms with Gasteiger partial charge >= 0.3 is 0 Å². The third-order valence-corrected chi connectivity index (χ3v) is 2.43. The molecule has 1 atom stereocenters. The minimum Gasteiger partial charge on any atom is -0.247 e. The zero-order valence-electron chi connectivity index (χ0n) is 9.03. The molecule has 0 N–H and O–H groups in total. The van der Waals surface area contributed by atoms with Gasteiger partial charge in [-0.05, 0) is 12.8 Å². The van der Waals surface area contributed by atoms with Crippen LogP contribution in [0.25, 0.3) is 0 Å². The summed E-state index contributed by atoms with van der Waals surface area (Å²) in [6.45, 7) is 5.77. The van der Waals surface area contributed by atoms with Crippen molar-refractivity contribution in [2.75, 3.05) is 0 Å². The van der Waals surface area contributed by atoms with E-state index < -0.39 is 6.17 Å². The standard InChI is InChI=1S/C12H24F/c1-3-5-6-7-8-9-10-11-12(13)4-2/h12H,2-11H2,1H3. The predicted octanol–water partition coefficient (Wildman–Crippen LogP) is 4.69. The summed E-state index contributed by atoms with van der Waals surface area (Å²) >= 11 is 0. The first-order valence-electron chi connectivity index (χ1n) is 5.74. The van der Waals surface area contributed by atoms with Gasteiger partial charge in [-0.15, -0.1) is 0 Å². The molecule has 0 spiro atoms. The summed E-state index contributed by atoms with van der Waals surface area (Å²) in [7, 11) is 0. The second-order valence-electron chi connectivity index (χ2n) is 3.80. The molecule has 0 aromatic rings. The summed E-state index contributed by atoms with van der Waals surface area (Å²) < 4.78 is 12.7. The minimum absolute atomic E-state index is 0.440. The fraction of sp³-hybridized carbons (Fsp3) is 0.917. The van der Waals surface area contributed by atoms with Crippen LogP contribution >= 0.6 is 0 Å². The normalized spacial score (nSPS) is 13.2. The maximum Gasteiger partial charge on any atom is 0.100 e. The lowest BCUT2D eigenvalue weighted by molar-refractivity contribution is 0.306. The Balaban J connectivity index is 2.91. The molecule has 0 aromatic carbocycles. The van der Waals surface area contributed by atoms with Gasteiger partial charge in [0, 0.05) is 0 Å². The molecular weight excluding hydrogens is 163 g/mol. The summed E-state index contributed by atoms with van der Waals surface area (Å²) in [5.74, 6) is 0. The lowest BCUT2D eigenvalue weighted by atomic mass is 10.1. The SMILES string of the molecule is [CH2]CC(F)CCCCCCCCC. The van der Waals surface area contributed by atoms with E-state index in [4.69, 9.17) is 0 Å². The van der Waals surface area contributed by atoms with Crippen LogP contribution in [-0.2, 0) is 0 Å². The van der Waals surface area contributed by atoms with Gasteiger partial charge in [0.15, 0.2) is 0 Å². The number of alkyl halides is 1. The molecule has 0 aliphatic rings. The van der Waals surface area contributed by atoms with Gasteiger partial charge in [0.1, 0.15) is 6.17 Å². The van der Waals surface area contributed by atoms with Crippen molar-refractivity contribution in [3.05, 3.63) is 6.92 Å². The van der Waals surface area contributed by atoms with E-state index in [1.165, 1.54) is 38.5 Å². The minimum atomic E-state index is -0.657. The number of halogens is 1.